The Morgan fingerprint density at radius 1 is 0.898 bits per heavy atom. The predicted octanol–water partition coefficient (Wildman–Crippen LogP) is 5.80. The van der Waals surface area contributed by atoms with Gasteiger partial charge >= 0.3 is 17.9 Å². The number of aliphatic carboxylic acids is 2. The van der Waals surface area contributed by atoms with Gasteiger partial charge in [0.15, 0.2) is 5.60 Å². The maximum absolute atomic E-state index is 13.6. The first-order valence-electron chi connectivity index (χ1n) is 17.3. The minimum Gasteiger partial charge on any atom is -0.481 e. The summed E-state index contributed by atoms with van der Waals surface area (Å²) in [6.07, 6.45) is 12.3. The second kappa shape index (κ2) is 24.9. The molecule has 0 spiro atoms. The van der Waals surface area contributed by atoms with Crippen molar-refractivity contribution in [2.45, 2.75) is 128 Å². The van der Waals surface area contributed by atoms with Crippen molar-refractivity contribution in [2.24, 2.45) is 5.92 Å². The number of nitrogens with one attached hydrogen (secondary N) is 1. The SMILES string of the molecule is CC#CCOc1ccc(C[C@H](NC(=O)[C@@H](/C=C/CCCCCCC(=O)CCCCCCC)[C@@](O)(CCCC(=O)O)C(=O)O)C(=O)OC)cc1. The molecule has 1 aromatic carbocycles. The minimum absolute atomic E-state index is 0.00969. The third-order valence-corrected chi connectivity index (χ3v) is 8.23. The largest absolute Gasteiger partial charge is 0.481 e. The second-order valence-corrected chi connectivity index (χ2v) is 12.2. The van der Waals surface area contributed by atoms with Gasteiger partial charge in [0.2, 0.25) is 5.91 Å². The summed E-state index contributed by atoms with van der Waals surface area (Å²) < 4.78 is 10.4. The van der Waals surface area contributed by atoms with Crippen molar-refractivity contribution in [3.8, 4) is 17.6 Å². The molecule has 0 saturated carbocycles. The van der Waals surface area contributed by atoms with Crippen molar-refractivity contribution in [3.05, 3.63) is 42.0 Å². The number of Topliss-reactive ketones (excluding diaryl/α,β-unsaturated/α-hetero) is 1. The lowest BCUT2D eigenvalue weighted by molar-refractivity contribution is -0.168. The van der Waals surface area contributed by atoms with Gasteiger partial charge in [-0.3, -0.25) is 14.4 Å². The first kappa shape index (κ1) is 42.9. The molecule has 0 fully saturated rings. The van der Waals surface area contributed by atoms with Gasteiger partial charge in [-0.25, -0.2) is 9.59 Å². The third-order valence-electron chi connectivity index (χ3n) is 8.23. The van der Waals surface area contributed by atoms with Crippen molar-refractivity contribution >= 4 is 29.6 Å². The minimum atomic E-state index is -2.63. The number of hydrogen-bond acceptors (Lipinski definition) is 8. The Morgan fingerprint density at radius 2 is 1.53 bits per heavy atom. The molecule has 3 atom stereocenters. The number of rotatable bonds is 27. The molecule has 0 heterocycles. The number of carboxylic acid groups (broad SMARTS) is 2. The Bertz CT molecular complexity index is 1260. The molecule has 0 aliphatic heterocycles. The molecule has 1 aromatic rings. The first-order chi connectivity index (χ1) is 23.5. The highest BCUT2D eigenvalue weighted by atomic mass is 16.5. The van der Waals surface area contributed by atoms with Gasteiger partial charge in [-0.2, -0.15) is 0 Å². The molecule has 4 N–H and O–H groups in total. The molecule has 0 radical (unpaired) electrons. The van der Waals surface area contributed by atoms with Crippen LogP contribution < -0.4 is 10.1 Å². The highest BCUT2D eigenvalue weighted by Crippen LogP contribution is 2.28. The number of hydrogen-bond donors (Lipinski definition) is 4. The van der Waals surface area contributed by atoms with E-state index < -0.39 is 54.2 Å². The van der Waals surface area contributed by atoms with Crippen LogP contribution in [0.4, 0.5) is 0 Å². The van der Waals surface area contributed by atoms with Crippen LogP contribution in [-0.2, 0) is 35.1 Å². The molecule has 0 aromatic heterocycles. The smallest absolute Gasteiger partial charge is 0.336 e. The van der Waals surface area contributed by atoms with Gasteiger partial charge in [0.1, 0.15) is 24.2 Å². The van der Waals surface area contributed by atoms with Crippen LogP contribution in [0.5, 0.6) is 5.75 Å². The lowest BCUT2D eigenvalue weighted by Crippen LogP contribution is -2.54. The Labute approximate surface area is 290 Å². The first-order valence-corrected chi connectivity index (χ1v) is 17.3. The number of aliphatic hydroxyl groups is 1. The van der Waals surface area contributed by atoms with E-state index in [-0.39, 0.29) is 25.2 Å². The van der Waals surface area contributed by atoms with Crippen molar-refractivity contribution in [2.75, 3.05) is 13.7 Å². The monoisotopic (exact) mass is 685 g/mol. The fourth-order valence-corrected chi connectivity index (χ4v) is 5.34. The number of ether oxygens (including phenoxy) is 2. The molecule has 11 nitrogen and oxygen atoms in total. The van der Waals surface area contributed by atoms with Gasteiger partial charge in [-0.05, 0) is 63.1 Å². The third kappa shape index (κ3) is 17.7. The number of benzene rings is 1. The summed E-state index contributed by atoms with van der Waals surface area (Å²) in [6.45, 7) is 4.07. The average Bonchev–Trinajstić information content (AvgIpc) is 3.07. The van der Waals surface area contributed by atoms with Crippen LogP contribution in [0.3, 0.4) is 0 Å². The molecule has 272 valence electrons. The summed E-state index contributed by atoms with van der Waals surface area (Å²) in [5, 5.41) is 33.0. The molecule has 0 bridgehead atoms. The number of ketones is 1. The zero-order valence-electron chi connectivity index (χ0n) is 29.3. The van der Waals surface area contributed by atoms with Gasteiger partial charge in [0.05, 0.1) is 13.0 Å². The number of unbranched alkanes of at least 4 members (excludes halogenated alkanes) is 8. The number of amides is 1. The van der Waals surface area contributed by atoms with Gasteiger partial charge in [-0.15, -0.1) is 5.92 Å². The van der Waals surface area contributed by atoms with Crippen LogP contribution in [-0.4, -0.2) is 70.3 Å². The Balaban J connectivity index is 2.95. The lowest BCUT2D eigenvalue weighted by Gasteiger charge is -2.31. The molecule has 1 amide bonds. The van der Waals surface area contributed by atoms with E-state index in [1.54, 1.807) is 37.3 Å². The van der Waals surface area contributed by atoms with E-state index in [0.29, 0.717) is 30.6 Å². The predicted molar refractivity (Wildman–Crippen MR) is 186 cm³/mol. The zero-order chi connectivity index (χ0) is 36.5. The van der Waals surface area contributed by atoms with Crippen molar-refractivity contribution in [1.29, 1.82) is 0 Å². The van der Waals surface area contributed by atoms with E-state index in [1.807, 2.05) is 0 Å². The van der Waals surface area contributed by atoms with Crippen LogP contribution in [0.1, 0.15) is 116 Å². The molecule has 11 heteroatoms. The number of esters is 1. The highest BCUT2D eigenvalue weighted by molar-refractivity contribution is 5.92. The molecule has 0 aliphatic rings. The maximum atomic E-state index is 13.6. The van der Waals surface area contributed by atoms with Crippen molar-refractivity contribution in [1.82, 2.24) is 5.32 Å². The van der Waals surface area contributed by atoms with Crippen molar-refractivity contribution < 1.29 is 48.8 Å². The molecule has 49 heavy (non-hydrogen) atoms. The van der Waals surface area contributed by atoms with Gasteiger partial charge in [-0.1, -0.05) is 75.7 Å². The topological polar surface area (TPSA) is 177 Å². The fraction of sp³-hybridized carbons (Fsp3) is 0.605. The van der Waals surface area contributed by atoms with Gasteiger partial charge in [0, 0.05) is 25.7 Å². The summed E-state index contributed by atoms with van der Waals surface area (Å²) in [5.41, 5.74) is -1.98. The van der Waals surface area contributed by atoms with E-state index in [0.717, 1.165) is 45.6 Å². The van der Waals surface area contributed by atoms with Crippen LogP contribution in [0.2, 0.25) is 0 Å². The molecule has 0 unspecified atom stereocenters. The van der Waals surface area contributed by atoms with E-state index >= 15 is 0 Å². The Hall–Kier alpha value is -4.17. The quantitative estimate of drug-likeness (QED) is 0.0383. The van der Waals surface area contributed by atoms with Crippen molar-refractivity contribution in [3.63, 3.8) is 0 Å². The van der Waals surface area contributed by atoms with E-state index in [1.165, 1.54) is 25.3 Å². The van der Waals surface area contributed by atoms with E-state index in [4.69, 9.17) is 14.6 Å². The van der Waals surface area contributed by atoms with Crippen LogP contribution in [0, 0.1) is 17.8 Å². The maximum Gasteiger partial charge on any atom is 0.336 e. The number of carbonyl (C=O) groups excluding carboxylic acids is 3. The molecule has 0 saturated heterocycles. The average molecular weight is 686 g/mol. The van der Waals surface area contributed by atoms with E-state index in [2.05, 4.69) is 24.1 Å². The number of carbonyl (C=O) groups is 5. The Morgan fingerprint density at radius 3 is 2.10 bits per heavy atom. The normalized spacial score (nSPS) is 13.4. The molecule has 0 aliphatic carbocycles. The van der Waals surface area contributed by atoms with Crippen LogP contribution in [0.15, 0.2) is 36.4 Å². The summed E-state index contributed by atoms with van der Waals surface area (Å²) in [4.78, 5) is 61.9. The van der Waals surface area contributed by atoms with E-state index in [9.17, 15) is 34.2 Å². The summed E-state index contributed by atoms with van der Waals surface area (Å²) in [6, 6.07) is 5.58. The highest BCUT2D eigenvalue weighted by Gasteiger charge is 2.47. The number of carboxylic acids is 2. The summed E-state index contributed by atoms with van der Waals surface area (Å²) in [5.74, 6) is 0.200. The Kier molecular flexibility index (Phi) is 21.8. The molecule has 1 rings (SSSR count). The standard InChI is InChI=1S/C38H55NO10/c1-4-6-8-11-14-18-30(40)19-15-12-9-10-13-16-20-32(38(47,37(45)46)26-17-21-34(41)42)35(43)39-33(36(44)48-3)28-29-22-24-31(25-23-29)49-27-7-5-2/h16,20,22-25,32-33,47H,4,6,8-15,17-19,21,26-28H2,1-3H3,(H,39,43)(H,41,42)(H,45,46)/b20-16+/t32-,33+,38+/m1/s1. The van der Waals surface area contributed by atoms with Crippen LogP contribution in [0.25, 0.3) is 0 Å². The number of allylic oxidation sites excluding steroid dienone is 1. The molecular formula is C38H55NO10. The summed E-state index contributed by atoms with van der Waals surface area (Å²) >= 11 is 0. The fourth-order valence-electron chi connectivity index (χ4n) is 5.34. The summed E-state index contributed by atoms with van der Waals surface area (Å²) in [7, 11) is 1.16. The van der Waals surface area contributed by atoms with Gasteiger partial charge in [0.25, 0.3) is 0 Å². The lowest BCUT2D eigenvalue weighted by atomic mass is 9.81. The molecular weight excluding hydrogens is 630 g/mol. The number of methoxy groups -OCH3 is 1. The van der Waals surface area contributed by atoms with Crippen LogP contribution >= 0.6 is 0 Å². The van der Waals surface area contributed by atoms with Gasteiger partial charge < -0.3 is 30.1 Å². The second-order valence-electron chi connectivity index (χ2n) is 12.2. The zero-order valence-corrected chi connectivity index (χ0v) is 29.3.